The lowest BCUT2D eigenvalue weighted by molar-refractivity contribution is -0.122. The second-order valence-electron chi connectivity index (χ2n) is 10.1. The van der Waals surface area contributed by atoms with Crippen LogP contribution in [0.1, 0.15) is 53.1 Å². The van der Waals surface area contributed by atoms with E-state index in [2.05, 4.69) is 39.6 Å². The number of fused-ring (bicyclic) bond motifs is 1. The van der Waals surface area contributed by atoms with Gasteiger partial charge in [-0.2, -0.15) is 10.2 Å². The molecule has 1 saturated heterocycles. The second-order valence-corrected chi connectivity index (χ2v) is 10.1. The molecule has 0 radical (unpaired) electrons. The number of carbonyl (C=O) groups is 2. The number of hydrogen-bond acceptors (Lipinski definition) is 5. The molecule has 0 spiro atoms. The molecule has 3 aromatic heterocycles. The van der Waals surface area contributed by atoms with Crippen LogP contribution in [-0.2, 0) is 4.79 Å². The maximum atomic E-state index is 14.6. The summed E-state index contributed by atoms with van der Waals surface area (Å²) in [5.41, 5.74) is 5.76. The fourth-order valence-electron chi connectivity index (χ4n) is 4.98. The van der Waals surface area contributed by atoms with E-state index >= 15 is 0 Å². The highest BCUT2D eigenvalue weighted by molar-refractivity contribution is 5.95. The molecule has 0 atom stereocenters. The fourth-order valence-corrected chi connectivity index (χ4v) is 4.98. The van der Waals surface area contributed by atoms with E-state index in [0.717, 1.165) is 55.4 Å². The minimum atomic E-state index is -0.513. The van der Waals surface area contributed by atoms with Crippen LogP contribution in [0.3, 0.4) is 0 Å². The Morgan fingerprint density at radius 1 is 1.13 bits per heavy atom. The summed E-state index contributed by atoms with van der Waals surface area (Å²) in [5.74, 6) is -0.327. The fraction of sp³-hybridized carbons (Fsp3) is 0.357. The largest absolute Gasteiger partial charge is 0.483 e. The highest BCUT2D eigenvalue weighted by Gasteiger charge is 2.26. The van der Waals surface area contributed by atoms with Crippen LogP contribution in [0.25, 0.3) is 22.3 Å². The lowest BCUT2D eigenvalue weighted by atomic mass is 9.90. The molecular formula is C28H31FN6O3. The molecule has 0 unspecified atom stereocenters. The summed E-state index contributed by atoms with van der Waals surface area (Å²) in [5, 5.41) is 18.9. The van der Waals surface area contributed by atoms with Crippen molar-refractivity contribution >= 4 is 17.9 Å². The lowest BCUT2D eigenvalue weighted by Crippen LogP contribution is -2.29. The third kappa shape index (κ3) is 5.31. The normalized spacial score (nSPS) is 16.2. The van der Waals surface area contributed by atoms with Crippen LogP contribution in [0, 0.1) is 12.7 Å². The van der Waals surface area contributed by atoms with Crippen molar-refractivity contribution in [2.75, 3.05) is 20.1 Å². The Labute approximate surface area is 219 Å². The van der Waals surface area contributed by atoms with Crippen LogP contribution in [0.4, 0.5) is 4.39 Å². The Morgan fingerprint density at radius 3 is 2.58 bits per heavy atom. The van der Waals surface area contributed by atoms with Crippen LogP contribution < -0.4 is 5.32 Å². The molecule has 10 heteroatoms. The third-order valence-electron chi connectivity index (χ3n) is 7.32. The Bertz CT molecular complexity index is 1470. The molecule has 0 bridgehead atoms. The number of carboxylic acid groups (broad SMARTS) is 1. The molecule has 4 heterocycles. The highest BCUT2D eigenvalue weighted by atomic mass is 19.1. The van der Waals surface area contributed by atoms with Crippen LogP contribution in [0.5, 0.6) is 0 Å². The first-order valence-electron chi connectivity index (χ1n) is 12.8. The van der Waals surface area contributed by atoms with Crippen molar-refractivity contribution < 1.29 is 19.1 Å². The standard InChI is InChI=1S/C27H29FN6O.CH2O2/c1-17-11-24(28)22(27(35)31-21-3-4-21)13-25(17)34-16-20(14-29-34)23-15-30-33-10-7-19(12-26(23)33)18-5-8-32(2)9-6-18;2-1-3/h7,10-16,18,21H,3-6,8-9H2,1-2H3,(H,31,35);1H,(H,2,3). The summed E-state index contributed by atoms with van der Waals surface area (Å²) in [6.07, 6.45) is 11.8. The molecule has 2 aliphatic rings. The number of nitrogens with zero attached hydrogens (tertiary/aromatic N) is 5. The highest BCUT2D eigenvalue weighted by Crippen LogP contribution is 2.32. The Balaban J connectivity index is 0.000000937. The average molecular weight is 519 g/mol. The zero-order valence-corrected chi connectivity index (χ0v) is 21.5. The summed E-state index contributed by atoms with van der Waals surface area (Å²) in [7, 11) is 2.18. The van der Waals surface area contributed by atoms with E-state index in [9.17, 15) is 9.18 Å². The number of aromatic nitrogens is 4. The number of likely N-dealkylation sites (tertiary alicyclic amines) is 1. The van der Waals surface area contributed by atoms with Gasteiger partial charge in [0.05, 0.1) is 29.2 Å². The molecule has 6 rings (SSSR count). The summed E-state index contributed by atoms with van der Waals surface area (Å²) in [6, 6.07) is 7.59. The van der Waals surface area contributed by atoms with Gasteiger partial charge in [-0.1, -0.05) is 0 Å². The van der Waals surface area contributed by atoms with E-state index in [1.54, 1.807) is 16.9 Å². The molecule has 4 aromatic rings. The molecule has 2 fully saturated rings. The van der Waals surface area contributed by atoms with Crippen molar-refractivity contribution in [2.45, 2.75) is 44.6 Å². The van der Waals surface area contributed by atoms with Gasteiger partial charge >= 0.3 is 0 Å². The van der Waals surface area contributed by atoms with E-state index in [1.165, 1.54) is 11.6 Å². The number of rotatable bonds is 5. The van der Waals surface area contributed by atoms with Gasteiger partial charge in [0.25, 0.3) is 12.4 Å². The first-order valence-corrected chi connectivity index (χ1v) is 12.8. The van der Waals surface area contributed by atoms with Gasteiger partial charge in [-0.25, -0.2) is 13.6 Å². The van der Waals surface area contributed by atoms with Crippen molar-refractivity contribution in [1.82, 2.24) is 29.6 Å². The summed E-state index contributed by atoms with van der Waals surface area (Å²) < 4.78 is 18.2. The molecule has 1 amide bonds. The number of pyridine rings is 1. The molecule has 2 N–H and O–H groups in total. The Kier molecular flexibility index (Phi) is 7.24. The van der Waals surface area contributed by atoms with Crippen LogP contribution in [0.15, 0.2) is 49.1 Å². The average Bonchev–Trinajstić information content (AvgIpc) is 3.41. The van der Waals surface area contributed by atoms with E-state index in [1.807, 2.05) is 30.0 Å². The maximum absolute atomic E-state index is 14.6. The molecule has 1 saturated carbocycles. The van der Waals surface area contributed by atoms with Gasteiger partial charge < -0.3 is 15.3 Å². The lowest BCUT2D eigenvalue weighted by Gasteiger charge is -2.29. The van der Waals surface area contributed by atoms with E-state index in [0.29, 0.717) is 17.2 Å². The van der Waals surface area contributed by atoms with Crippen molar-refractivity contribution in [2.24, 2.45) is 0 Å². The van der Waals surface area contributed by atoms with Crippen LogP contribution in [-0.4, -0.2) is 68.0 Å². The topological polar surface area (TPSA) is 105 Å². The minimum absolute atomic E-state index is 0.0494. The van der Waals surface area contributed by atoms with Gasteiger partial charge in [0.15, 0.2) is 0 Å². The van der Waals surface area contributed by atoms with Gasteiger partial charge in [0.2, 0.25) is 0 Å². The van der Waals surface area contributed by atoms with Gasteiger partial charge in [0.1, 0.15) is 5.82 Å². The smallest absolute Gasteiger partial charge is 0.290 e. The number of piperidine rings is 1. The summed E-state index contributed by atoms with van der Waals surface area (Å²) >= 11 is 0. The molecule has 1 aliphatic heterocycles. The zero-order chi connectivity index (χ0) is 26.8. The van der Waals surface area contributed by atoms with Crippen LogP contribution in [0.2, 0.25) is 0 Å². The first-order chi connectivity index (χ1) is 18.4. The number of aryl methyl sites for hydroxylation is 1. The number of amides is 1. The summed E-state index contributed by atoms with van der Waals surface area (Å²) in [4.78, 5) is 23.3. The monoisotopic (exact) mass is 518 g/mol. The molecule has 198 valence electrons. The first kappa shape index (κ1) is 25.6. The van der Waals surface area contributed by atoms with E-state index < -0.39 is 5.82 Å². The number of benzene rings is 1. The number of hydrogen-bond donors (Lipinski definition) is 2. The number of nitrogens with one attached hydrogen (secondary N) is 1. The van der Waals surface area contributed by atoms with Gasteiger partial charge in [-0.05, 0) is 94.1 Å². The predicted octanol–water partition coefficient (Wildman–Crippen LogP) is 4.04. The Hall–Kier alpha value is -4.05. The van der Waals surface area contributed by atoms with Crippen LogP contribution >= 0.6 is 0 Å². The second kappa shape index (κ2) is 10.7. The number of carbonyl (C=O) groups excluding carboxylic acids is 1. The molecular weight excluding hydrogens is 487 g/mol. The van der Waals surface area contributed by atoms with Gasteiger partial charge in [-0.15, -0.1) is 0 Å². The molecule has 1 aliphatic carbocycles. The van der Waals surface area contributed by atoms with Gasteiger partial charge in [-0.3, -0.25) is 9.59 Å². The zero-order valence-electron chi connectivity index (χ0n) is 21.5. The summed E-state index contributed by atoms with van der Waals surface area (Å²) in [6.45, 7) is 3.81. The van der Waals surface area contributed by atoms with E-state index in [4.69, 9.17) is 9.90 Å². The van der Waals surface area contributed by atoms with Gasteiger partial charge in [0, 0.05) is 29.6 Å². The molecule has 38 heavy (non-hydrogen) atoms. The SMILES string of the molecule is Cc1cc(F)c(C(=O)NC2CC2)cc1-n1cc(-c2cnn3ccc(C4CCN(C)CC4)cc23)cn1.O=CO. The maximum Gasteiger partial charge on any atom is 0.290 e. The van der Waals surface area contributed by atoms with Crippen molar-refractivity contribution in [3.05, 3.63) is 71.6 Å². The predicted molar refractivity (Wildman–Crippen MR) is 141 cm³/mol. The van der Waals surface area contributed by atoms with Crippen molar-refractivity contribution in [3.8, 4) is 16.8 Å². The molecule has 9 nitrogen and oxygen atoms in total. The quantitative estimate of drug-likeness (QED) is 0.387. The third-order valence-corrected chi connectivity index (χ3v) is 7.32. The van der Waals surface area contributed by atoms with Crippen molar-refractivity contribution in [3.63, 3.8) is 0 Å². The Morgan fingerprint density at radius 2 is 1.87 bits per heavy atom. The minimum Gasteiger partial charge on any atom is -0.483 e. The van der Waals surface area contributed by atoms with Crippen molar-refractivity contribution in [1.29, 1.82) is 0 Å². The number of halogens is 1. The van der Waals surface area contributed by atoms with E-state index in [-0.39, 0.29) is 24.0 Å². The molecule has 1 aromatic carbocycles.